The third kappa shape index (κ3) is 3.54. The number of pyridine rings is 1. The minimum Gasteiger partial charge on any atom is -0.478 e. The molecule has 0 aliphatic heterocycles. The van der Waals surface area contributed by atoms with Crippen LogP contribution in [0.3, 0.4) is 0 Å². The lowest BCUT2D eigenvalue weighted by Crippen LogP contribution is -2.02. The fourth-order valence-electron chi connectivity index (χ4n) is 1.77. The smallest absolute Gasteiger partial charge is 0.335 e. The number of rotatable bonds is 5. The van der Waals surface area contributed by atoms with Gasteiger partial charge in [0.25, 0.3) is 0 Å². The van der Waals surface area contributed by atoms with Crippen LogP contribution in [0.1, 0.15) is 29.4 Å². The van der Waals surface area contributed by atoms with E-state index in [2.05, 4.69) is 4.98 Å². The van der Waals surface area contributed by atoms with E-state index in [1.54, 1.807) is 6.07 Å². The second kappa shape index (κ2) is 6.14. The van der Waals surface area contributed by atoms with Crippen molar-refractivity contribution in [2.75, 3.05) is 0 Å². The lowest BCUT2D eigenvalue weighted by atomic mass is 10.1. The first kappa shape index (κ1) is 14.0. The Morgan fingerprint density at radius 3 is 2.80 bits per heavy atom. The molecule has 1 aromatic heterocycles. The van der Waals surface area contributed by atoms with Crippen LogP contribution >= 0.6 is 0 Å². The van der Waals surface area contributed by atoms with Gasteiger partial charge in [-0.3, -0.25) is 0 Å². The minimum absolute atomic E-state index is 0.106. The zero-order valence-electron chi connectivity index (χ0n) is 11.0. The molecule has 0 fully saturated rings. The number of aryl methyl sites for hydroxylation is 1. The molecule has 2 rings (SSSR count). The number of nitrogens with zero attached hydrogens (tertiary/aromatic N) is 1. The summed E-state index contributed by atoms with van der Waals surface area (Å²) in [6.45, 7) is 1.97. The molecule has 104 valence electrons. The van der Waals surface area contributed by atoms with Crippen LogP contribution in [0.4, 0.5) is 4.39 Å². The molecule has 0 amide bonds. The van der Waals surface area contributed by atoms with Crippen molar-refractivity contribution >= 4 is 5.97 Å². The van der Waals surface area contributed by atoms with Gasteiger partial charge in [0.15, 0.2) is 0 Å². The summed E-state index contributed by atoms with van der Waals surface area (Å²) in [7, 11) is 0. The summed E-state index contributed by atoms with van der Waals surface area (Å²) < 4.78 is 18.5. The Kier molecular flexibility index (Phi) is 4.30. The molecule has 5 heteroatoms. The maximum atomic E-state index is 13.1. The minimum atomic E-state index is -1.05. The van der Waals surface area contributed by atoms with E-state index in [-0.39, 0.29) is 17.2 Å². The molecule has 2 aromatic rings. The number of hydrogen-bond donors (Lipinski definition) is 1. The van der Waals surface area contributed by atoms with Gasteiger partial charge < -0.3 is 9.84 Å². The quantitative estimate of drug-likeness (QED) is 0.904. The van der Waals surface area contributed by atoms with Gasteiger partial charge in [0.1, 0.15) is 11.6 Å². The Hall–Kier alpha value is -2.43. The van der Waals surface area contributed by atoms with Gasteiger partial charge in [-0.15, -0.1) is 0 Å². The Balaban J connectivity index is 2.32. The fraction of sp³-hybridized carbons (Fsp3) is 0.200. The first-order chi connectivity index (χ1) is 9.58. The normalized spacial score (nSPS) is 10.3. The fourth-order valence-corrected chi connectivity index (χ4v) is 1.77. The molecule has 0 aliphatic carbocycles. The molecule has 0 aliphatic rings. The van der Waals surface area contributed by atoms with E-state index in [0.717, 1.165) is 6.42 Å². The number of aromatic carboxylic acids is 1. The van der Waals surface area contributed by atoms with E-state index in [1.165, 1.54) is 30.3 Å². The highest BCUT2D eigenvalue weighted by Gasteiger charge is 2.10. The molecular formula is C15H14FNO3. The van der Waals surface area contributed by atoms with Gasteiger partial charge in [0.2, 0.25) is 5.88 Å². The van der Waals surface area contributed by atoms with Crippen molar-refractivity contribution in [2.24, 2.45) is 0 Å². The molecule has 1 N–H and O–H groups in total. The first-order valence-electron chi connectivity index (χ1n) is 6.26. The van der Waals surface area contributed by atoms with E-state index in [1.807, 2.05) is 6.92 Å². The number of aromatic nitrogens is 1. The largest absolute Gasteiger partial charge is 0.478 e. The first-order valence-corrected chi connectivity index (χ1v) is 6.26. The topological polar surface area (TPSA) is 59.4 Å². The van der Waals surface area contributed by atoms with E-state index in [0.29, 0.717) is 12.1 Å². The van der Waals surface area contributed by atoms with Crippen LogP contribution in [0.25, 0.3) is 0 Å². The number of ether oxygens (including phenoxy) is 1. The number of benzene rings is 1. The third-order valence-corrected chi connectivity index (χ3v) is 2.63. The van der Waals surface area contributed by atoms with Crippen molar-refractivity contribution in [2.45, 2.75) is 19.8 Å². The van der Waals surface area contributed by atoms with Gasteiger partial charge in [-0.2, -0.15) is 0 Å². The second-order valence-electron chi connectivity index (χ2n) is 4.30. The van der Waals surface area contributed by atoms with Crippen molar-refractivity contribution in [1.29, 1.82) is 0 Å². The van der Waals surface area contributed by atoms with Crippen LogP contribution < -0.4 is 4.74 Å². The van der Waals surface area contributed by atoms with Crippen LogP contribution in [0.15, 0.2) is 36.4 Å². The summed E-state index contributed by atoms with van der Waals surface area (Å²) in [6, 6.07) is 8.46. The van der Waals surface area contributed by atoms with Crippen LogP contribution in [-0.2, 0) is 6.42 Å². The van der Waals surface area contributed by atoms with Crippen molar-refractivity contribution in [1.82, 2.24) is 4.98 Å². The molecule has 1 heterocycles. The SMILES string of the molecule is CCCc1cc(C(=O)O)cc(Oc2cccc(F)c2)n1. The molecule has 1 aromatic carbocycles. The molecular weight excluding hydrogens is 261 g/mol. The zero-order chi connectivity index (χ0) is 14.5. The van der Waals surface area contributed by atoms with Crippen molar-refractivity contribution in [3.05, 3.63) is 53.5 Å². The third-order valence-electron chi connectivity index (χ3n) is 2.63. The van der Waals surface area contributed by atoms with E-state index in [9.17, 15) is 9.18 Å². The monoisotopic (exact) mass is 275 g/mol. The van der Waals surface area contributed by atoms with Crippen LogP contribution in [-0.4, -0.2) is 16.1 Å². The van der Waals surface area contributed by atoms with Crippen LogP contribution in [0.5, 0.6) is 11.6 Å². The molecule has 0 bridgehead atoms. The lowest BCUT2D eigenvalue weighted by Gasteiger charge is -2.08. The van der Waals surface area contributed by atoms with Crippen molar-refractivity contribution in [3.8, 4) is 11.6 Å². The predicted molar refractivity (Wildman–Crippen MR) is 71.7 cm³/mol. The second-order valence-corrected chi connectivity index (χ2v) is 4.30. The van der Waals surface area contributed by atoms with Gasteiger partial charge >= 0.3 is 5.97 Å². The average molecular weight is 275 g/mol. The molecule has 0 saturated carbocycles. The van der Waals surface area contributed by atoms with Gasteiger partial charge in [-0.25, -0.2) is 14.2 Å². The standard InChI is InChI=1S/C15H14FNO3/c1-2-4-12-7-10(15(18)19)8-14(17-12)20-13-6-3-5-11(16)9-13/h3,5-9H,2,4H2,1H3,(H,18,19). The number of hydrogen-bond acceptors (Lipinski definition) is 3. The Bertz CT molecular complexity index is 628. The average Bonchev–Trinajstić information content (AvgIpc) is 2.38. The number of carbonyl (C=O) groups is 1. The summed E-state index contributed by atoms with van der Waals surface area (Å²) in [5.74, 6) is -1.04. The van der Waals surface area contributed by atoms with Gasteiger partial charge in [-0.05, 0) is 24.6 Å². The Morgan fingerprint density at radius 1 is 1.35 bits per heavy atom. The molecule has 0 radical (unpaired) electrons. The highest BCUT2D eigenvalue weighted by Crippen LogP contribution is 2.22. The summed E-state index contributed by atoms with van der Waals surface area (Å²) in [6.07, 6.45) is 1.50. The number of halogens is 1. The molecule has 0 unspecified atom stereocenters. The maximum Gasteiger partial charge on any atom is 0.335 e. The maximum absolute atomic E-state index is 13.1. The number of carboxylic acid groups (broad SMARTS) is 1. The van der Waals surface area contributed by atoms with Gasteiger partial charge in [0.05, 0.1) is 5.56 Å². The predicted octanol–water partition coefficient (Wildman–Crippen LogP) is 3.66. The van der Waals surface area contributed by atoms with Crippen molar-refractivity contribution < 1.29 is 19.0 Å². The summed E-state index contributed by atoms with van der Waals surface area (Å²) in [5, 5.41) is 9.07. The number of carboxylic acids is 1. The summed E-state index contributed by atoms with van der Waals surface area (Å²) in [5.41, 5.74) is 0.744. The van der Waals surface area contributed by atoms with E-state index < -0.39 is 11.8 Å². The van der Waals surface area contributed by atoms with E-state index in [4.69, 9.17) is 9.84 Å². The zero-order valence-corrected chi connectivity index (χ0v) is 11.0. The van der Waals surface area contributed by atoms with Crippen LogP contribution in [0.2, 0.25) is 0 Å². The molecule has 0 spiro atoms. The summed E-state index contributed by atoms with van der Waals surface area (Å²) in [4.78, 5) is 15.3. The highest BCUT2D eigenvalue weighted by molar-refractivity contribution is 5.88. The molecule has 0 atom stereocenters. The summed E-state index contributed by atoms with van der Waals surface area (Å²) >= 11 is 0. The van der Waals surface area contributed by atoms with E-state index >= 15 is 0 Å². The van der Waals surface area contributed by atoms with Crippen LogP contribution in [0, 0.1) is 5.82 Å². The van der Waals surface area contributed by atoms with Gasteiger partial charge in [-0.1, -0.05) is 19.4 Å². The molecule has 0 saturated heterocycles. The molecule has 20 heavy (non-hydrogen) atoms. The lowest BCUT2D eigenvalue weighted by molar-refractivity contribution is 0.0696. The Morgan fingerprint density at radius 2 is 2.15 bits per heavy atom. The van der Waals surface area contributed by atoms with Gasteiger partial charge in [0, 0.05) is 17.8 Å². The molecule has 4 nitrogen and oxygen atoms in total. The highest BCUT2D eigenvalue weighted by atomic mass is 19.1. The Labute approximate surface area is 115 Å². The van der Waals surface area contributed by atoms with Crippen molar-refractivity contribution in [3.63, 3.8) is 0 Å².